The minimum absolute atomic E-state index is 0.0629. The van der Waals surface area contributed by atoms with Gasteiger partial charge in [-0.25, -0.2) is 4.68 Å². The summed E-state index contributed by atoms with van der Waals surface area (Å²) in [7, 11) is 3.91. The van der Waals surface area contributed by atoms with Crippen LogP contribution in [0.4, 0.5) is 0 Å². The molecule has 34 heavy (non-hydrogen) atoms. The maximum absolute atomic E-state index is 13.2. The molecule has 4 rings (SSSR count). The van der Waals surface area contributed by atoms with E-state index in [1.54, 1.807) is 28.9 Å². The molecule has 176 valence electrons. The van der Waals surface area contributed by atoms with Crippen molar-refractivity contribution >= 4 is 29.1 Å². The summed E-state index contributed by atoms with van der Waals surface area (Å²) in [5.74, 6) is -1.55. The molecule has 2 aromatic carbocycles. The number of para-hydroxylation sites is 1. The molecule has 2 heterocycles. The number of Topliss-reactive ketones (excluding diaryl/α,β-unsaturated/α-hetero) is 1. The number of rotatable bonds is 7. The number of carbonyl (C=O) groups excluding carboxylic acids is 2. The van der Waals surface area contributed by atoms with Crippen molar-refractivity contribution in [3.63, 3.8) is 0 Å². The number of carbonyl (C=O) groups is 2. The first-order chi connectivity index (χ1) is 16.3. The lowest BCUT2D eigenvalue weighted by Gasteiger charge is -2.26. The molecule has 0 unspecified atom stereocenters. The van der Waals surface area contributed by atoms with E-state index in [4.69, 9.17) is 11.6 Å². The van der Waals surface area contributed by atoms with Crippen LogP contribution >= 0.6 is 11.6 Å². The van der Waals surface area contributed by atoms with Gasteiger partial charge in [-0.1, -0.05) is 41.9 Å². The molecule has 0 saturated carbocycles. The molecule has 1 atom stereocenters. The Labute approximate surface area is 203 Å². The maximum Gasteiger partial charge on any atom is 0.295 e. The lowest BCUT2D eigenvalue weighted by Crippen LogP contribution is -2.32. The molecule has 1 amide bonds. The molecule has 8 heteroatoms. The van der Waals surface area contributed by atoms with Crippen molar-refractivity contribution in [2.75, 3.05) is 27.2 Å². The molecule has 0 bridgehead atoms. The predicted octanol–water partition coefficient (Wildman–Crippen LogP) is 4.21. The van der Waals surface area contributed by atoms with Crippen molar-refractivity contribution in [3.05, 3.63) is 88.2 Å². The van der Waals surface area contributed by atoms with Crippen molar-refractivity contribution in [1.82, 2.24) is 19.6 Å². The van der Waals surface area contributed by atoms with Gasteiger partial charge in [-0.2, -0.15) is 5.10 Å². The number of likely N-dealkylation sites (tertiary alicyclic amines) is 1. The summed E-state index contributed by atoms with van der Waals surface area (Å²) < 4.78 is 1.69. The highest BCUT2D eigenvalue weighted by Gasteiger charge is 2.46. The number of nitrogens with zero attached hydrogens (tertiary/aromatic N) is 4. The van der Waals surface area contributed by atoms with E-state index in [-0.39, 0.29) is 11.3 Å². The van der Waals surface area contributed by atoms with Crippen LogP contribution in [0.1, 0.15) is 29.3 Å². The van der Waals surface area contributed by atoms with Gasteiger partial charge in [0.1, 0.15) is 5.76 Å². The maximum atomic E-state index is 13.2. The largest absolute Gasteiger partial charge is 0.507 e. The van der Waals surface area contributed by atoms with Crippen molar-refractivity contribution in [3.8, 4) is 5.69 Å². The van der Waals surface area contributed by atoms with E-state index < -0.39 is 17.7 Å². The standard InChI is InChI=1S/C26H27ClN4O3/c1-17-21(16-28-31(17)20-8-5-4-6-9-20)24(32)22-23(18-10-12-19(27)13-11-18)30(26(34)25(22)33)15-7-14-29(2)3/h4-6,8-13,16,23,32H,7,14-15H2,1-3H3/b24-22+/t23-/m0/s1. The molecule has 3 aromatic rings. The van der Waals surface area contributed by atoms with Crippen LogP contribution < -0.4 is 0 Å². The van der Waals surface area contributed by atoms with E-state index in [1.807, 2.05) is 56.3 Å². The number of benzene rings is 2. The highest BCUT2D eigenvalue weighted by Crippen LogP contribution is 2.40. The molecule has 1 aliphatic rings. The van der Waals surface area contributed by atoms with Crippen LogP contribution in [0.25, 0.3) is 11.4 Å². The van der Waals surface area contributed by atoms with Crippen molar-refractivity contribution in [2.24, 2.45) is 0 Å². The summed E-state index contributed by atoms with van der Waals surface area (Å²) in [5.41, 5.74) is 2.68. The third-order valence-electron chi connectivity index (χ3n) is 6.00. The number of ketones is 1. The van der Waals surface area contributed by atoms with E-state index >= 15 is 0 Å². The quantitative estimate of drug-likeness (QED) is 0.312. The van der Waals surface area contributed by atoms with E-state index in [2.05, 4.69) is 5.10 Å². The third kappa shape index (κ3) is 4.49. The Morgan fingerprint density at radius 3 is 2.41 bits per heavy atom. The average Bonchev–Trinajstić information content (AvgIpc) is 3.32. The lowest BCUT2D eigenvalue weighted by molar-refractivity contribution is -0.139. The van der Waals surface area contributed by atoms with Crippen molar-refractivity contribution in [2.45, 2.75) is 19.4 Å². The molecule has 1 N–H and O–H groups in total. The minimum Gasteiger partial charge on any atom is -0.507 e. The van der Waals surface area contributed by atoms with Crippen LogP contribution in [0.2, 0.25) is 5.02 Å². The molecule has 0 spiro atoms. The molecule has 7 nitrogen and oxygen atoms in total. The molecular weight excluding hydrogens is 452 g/mol. The van der Waals surface area contributed by atoms with Crippen LogP contribution in [0.5, 0.6) is 0 Å². The van der Waals surface area contributed by atoms with Crippen LogP contribution in [0.3, 0.4) is 0 Å². The molecule has 1 aromatic heterocycles. The molecule has 1 fully saturated rings. The monoisotopic (exact) mass is 478 g/mol. The van der Waals surface area contributed by atoms with E-state index in [9.17, 15) is 14.7 Å². The number of hydrogen-bond acceptors (Lipinski definition) is 5. The SMILES string of the molecule is Cc1c(/C(O)=C2\C(=O)C(=O)N(CCCN(C)C)[C@H]2c2ccc(Cl)cc2)cnn1-c1ccccc1. The number of aliphatic hydroxyl groups excluding tert-OH is 1. The Morgan fingerprint density at radius 2 is 1.76 bits per heavy atom. The molecule has 0 aliphatic carbocycles. The molecular formula is C26H27ClN4O3. The topological polar surface area (TPSA) is 78.7 Å². The normalized spacial score (nSPS) is 17.7. The van der Waals surface area contributed by atoms with Crippen LogP contribution in [-0.2, 0) is 9.59 Å². The van der Waals surface area contributed by atoms with Crippen molar-refractivity contribution < 1.29 is 14.7 Å². The summed E-state index contributed by atoms with van der Waals surface area (Å²) in [5, 5.41) is 16.3. The van der Waals surface area contributed by atoms with Gasteiger partial charge in [-0.15, -0.1) is 0 Å². The van der Waals surface area contributed by atoms with Gasteiger partial charge >= 0.3 is 0 Å². The molecule has 0 radical (unpaired) electrons. The molecule has 1 aliphatic heterocycles. The summed E-state index contributed by atoms with van der Waals surface area (Å²) in [4.78, 5) is 29.8. The second-order valence-electron chi connectivity index (χ2n) is 8.59. The van der Waals surface area contributed by atoms with Crippen LogP contribution in [0, 0.1) is 6.92 Å². The van der Waals surface area contributed by atoms with Gasteiger partial charge in [0.15, 0.2) is 0 Å². The Bertz CT molecular complexity index is 1230. The van der Waals surface area contributed by atoms with Crippen LogP contribution in [0.15, 0.2) is 66.4 Å². The van der Waals surface area contributed by atoms with Gasteiger partial charge in [0, 0.05) is 11.6 Å². The Hall–Kier alpha value is -3.42. The highest BCUT2D eigenvalue weighted by molar-refractivity contribution is 6.46. The number of aliphatic hydroxyl groups is 1. The zero-order valence-corrected chi connectivity index (χ0v) is 20.2. The first-order valence-electron chi connectivity index (χ1n) is 11.1. The zero-order valence-electron chi connectivity index (χ0n) is 19.4. The Balaban J connectivity index is 1.80. The first-order valence-corrected chi connectivity index (χ1v) is 11.5. The highest BCUT2D eigenvalue weighted by atomic mass is 35.5. The summed E-state index contributed by atoms with van der Waals surface area (Å²) in [6.45, 7) is 2.97. The zero-order chi connectivity index (χ0) is 24.4. The minimum atomic E-state index is -0.709. The predicted molar refractivity (Wildman–Crippen MR) is 132 cm³/mol. The fraction of sp³-hybridized carbons (Fsp3) is 0.269. The number of amides is 1. The van der Waals surface area contributed by atoms with Gasteiger partial charge in [0.05, 0.1) is 34.8 Å². The second-order valence-corrected chi connectivity index (χ2v) is 9.03. The summed E-state index contributed by atoms with van der Waals surface area (Å²) >= 11 is 6.08. The number of hydrogen-bond donors (Lipinski definition) is 1. The van der Waals surface area contributed by atoms with Gasteiger partial charge in [0.2, 0.25) is 0 Å². The second kappa shape index (κ2) is 9.83. The third-order valence-corrected chi connectivity index (χ3v) is 6.25. The average molecular weight is 479 g/mol. The van der Waals surface area contributed by atoms with Gasteiger partial charge in [-0.05, 0) is 63.8 Å². The van der Waals surface area contributed by atoms with E-state index in [0.717, 1.165) is 12.2 Å². The van der Waals surface area contributed by atoms with Gasteiger partial charge in [0.25, 0.3) is 11.7 Å². The van der Waals surface area contributed by atoms with Gasteiger partial charge in [-0.3, -0.25) is 9.59 Å². The van der Waals surface area contributed by atoms with E-state index in [0.29, 0.717) is 34.8 Å². The number of halogens is 1. The van der Waals surface area contributed by atoms with Gasteiger partial charge < -0.3 is 14.9 Å². The summed E-state index contributed by atoms with van der Waals surface area (Å²) in [6.07, 6.45) is 2.21. The number of aromatic nitrogens is 2. The Kier molecular flexibility index (Phi) is 6.86. The smallest absolute Gasteiger partial charge is 0.295 e. The fourth-order valence-electron chi connectivity index (χ4n) is 4.28. The molecule has 1 saturated heterocycles. The first kappa shape index (κ1) is 23.7. The van der Waals surface area contributed by atoms with Crippen molar-refractivity contribution in [1.29, 1.82) is 0 Å². The fourth-order valence-corrected chi connectivity index (χ4v) is 4.40. The summed E-state index contributed by atoms with van der Waals surface area (Å²) in [6, 6.07) is 15.8. The lowest BCUT2D eigenvalue weighted by atomic mass is 9.95. The Morgan fingerprint density at radius 1 is 1.09 bits per heavy atom. The van der Waals surface area contributed by atoms with Crippen LogP contribution in [-0.4, -0.2) is 63.6 Å². The van der Waals surface area contributed by atoms with E-state index in [1.165, 1.54) is 11.1 Å².